The fourth-order valence-corrected chi connectivity index (χ4v) is 1.54. The number of halogens is 2. The molecule has 5 heteroatoms. The highest BCUT2D eigenvalue weighted by molar-refractivity contribution is 6.31. The van der Waals surface area contributed by atoms with E-state index in [-0.39, 0.29) is 11.0 Å². The molecular weight excluding hydrogens is 223 g/mol. The van der Waals surface area contributed by atoms with Crippen LogP contribution in [-0.2, 0) is 0 Å². The van der Waals surface area contributed by atoms with Crippen molar-refractivity contribution in [2.75, 3.05) is 0 Å². The number of hydrogen-bond donors (Lipinski definition) is 0. The smallest absolute Gasteiger partial charge is 0.223 e. The highest BCUT2D eigenvalue weighted by Crippen LogP contribution is 2.20. The van der Waals surface area contributed by atoms with Gasteiger partial charge in [-0.3, -0.25) is 4.79 Å². The van der Waals surface area contributed by atoms with Gasteiger partial charge in [0.05, 0.1) is 5.52 Å². The number of hydrogen-bond acceptors (Lipinski definition) is 3. The Labute approximate surface area is 89.7 Å². The highest BCUT2D eigenvalue weighted by Gasteiger charge is 2.05. The molecule has 0 amide bonds. The number of nitrogens with zero attached hydrogens (tertiary/aromatic N) is 2. The van der Waals surface area contributed by atoms with Crippen molar-refractivity contribution in [2.24, 2.45) is 0 Å². The Morgan fingerprint density at radius 1 is 1.21 bits per heavy atom. The van der Waals surface area contributed by atoms with Crippen LogP contribution in [0, 0.1) is 0 Å². The SMILES string of the molecule is O=Cc1nc(Cl)nc2ccc(Cl)cc12. The van der Waals surface area contributed by atoms with Gasteiger partial charge in [0.2, 0.25) is 5.28 Å². The van der Waals surface area contributed by atoms with E-state index in [0.29, 0.717) is 22.2 Å². The molecule has 2 rings (SSSR count). The van der Waals surface area contributed by atoms with E-state index in [0.717, 1.165) is 0 Å². The summed E-state index contributed by atoms with van der Waals surface area (Å²) in [6, 6.07) is 5.01. The summed E-state index contributed by atoms with van der Waals surface area (Å²) in [5.41, 5.74) is 0.860. The first-order chi connectivity index (χ1) is 6.70. The normalized spacial score (nSPS) is 10.4. The fourth-order valence-electron chi connectivity index (χ4n) is 1.18. The molecule has 0 spiro atoms. The third-order valence-electron chi connectivity index (χ3n) is 1.77. The molecule has 0 radical (unpaired) electrons. The summed E-state index contributed by atoms with van der Waals surface area (Å²) in [7, 11) is 0. The van der Waals surface area contributed by atoms with Gasteiger partial charge in [0, 0.05) is 10.4 Å². The minimum atomic E-state index is 0.0573. The molecule has 0 unspecified atom stereocenters. The molecule has 14 heavy (non-hydrogen) atoms. The van der Waals surface area contributed by atoms with Gasteiger partial charge in [0.25, 0.3) is 0 Å². The van der Waals surface area contributed by atoms with E-state index in [4.69, 9.17) is 23.2 Å². The van der Waals surface area contributed by atoms with Gasteiger partial charge < -0.3 is 0 Å². The van der Waals surface area contributed by atoms with Crippen LogP contribution in [0.3, 0.4) is 0 Å². The zero-order valence-electron chi connectivity index (χ0n) is 6.87. The summed E-state index contributed by atoms with van der Waals surface area (Å²) in [6.45, 7) is 0. The zero-order valence-corrected chi connectivity index (χ0v) is 8.38. The van der Waals surface area contributed by atoms with Gasteiger partial charge >= 0.3 is 0 Å². The number of carbonyl (C=O) groups excluding carboxylic acids is 1. The molecule has 3 nitrogen and oxygen atoms in total. The van der Waals surface area contributed by atoms with E-state index in [1.165, 1.54) is 0 Å². The Morgan fingerprint density at radius 2 is 2.00 bits per heavy atom. The fraction of sp³-hybridized carbons (Fsp3) is 0. The second-order valence-electron chi connectivity index (χ2n) is 2.66. The average molecular weight is 227 g/mol. The number of carbonyl (C=O) groups is 1. The van der Waals surface area contributed by atoms with Crippen LogP contribution in [0.5, 0.6) is 0 Å². The molecule has 0 N–H and O–H groups in total. The molecule has 2 aromatic rings. The van der Waals surface area contributed by atoms with E-state index >= 15 is 0 Å². The zero-order chi connectivity index (χ0) is 10.1. The summed E-state index contributed by atoms with van der Waals surface area (Å²) in [4.78, 5) is 18.4. The van der Waals surface area contributed by atoms with Gasteiger partial charge in [-0.2, -0.15) is 0 Å². The van der Waals surface area contributed by atoms with Crippen molar-refractivity contribution < 1.29 is 4.79 Å². The second-order valence-corrected chi connectivity index (χ2v) is 3.43. The summed E-state index contributed by atoms with van der Waals surface area (Å²) in [5.74, 6) is 0. The number of benzene rings is 1. The number of aromatic nitrogens is 2. The Balaban J connectivity index is 2.88. The third kappa shape index (κ3) is 1.56. The van der Waals surface area contributed by atoms with E-state index < -0.39 is 0 Å². The maximum atomic E-state index is 10.7. The second kappa shape index (κ2) is 3.52. The van der Waals surface area contributed by atoms with Gasteiger partial charge in [-0.15, -0.1) is 0 Å². The van der Waals surface area contributed by atoms with E-state index in [1.807, 2.05) is 0 Å². The average Bonchev–Trinajstić information content (AvgIpc) is 2.17. The summed E-state index contributed by atoms with van der Waals surface area (Å²) in [6.07, 6.45) is 0.631. The first kappa shape index (κ1) is 9.37. The lowest BCUT2D eigenvalue weighted by Gasteiger charge is -2.00. The van der Waals surface area contributed by atoms with Gasteiger partial charge in [0.15, 0.2) is 6.29 Å². The molecule has 0 bridgehead atoms. The van der Waals surface area contributed by atoms with Crippen molar-refractivity contribution >= 4 is 40.4 Å². The number of aldehydes is 1. The van der Waals surface area contributed by atoms with Crippen molar-refractivity contribution in [3.63, 3.8) is 0 Å². The number of rotatable bonds is 1. The molecule has 0 aliphatic heterocycles. The highest BCUT2D eigenvalue weighted by atomic mass is 35.5. The predicted molar refractivity (Wildman–Crippen MR) is 54.9 cm³/mol. The molecule has 1 aromatic heterocycles. The molecule has 0 saturated heterocycles. The molecule has 0 aliphatic carbocycles. The van der Waals surface area contributed by atoms with Crippen LogP contribution >= 0.6 is 23.2 Å². The topological polar surface area (TPSA) is 42.9 Å². The lowest BCUT2D eigenvalue weighted by Crippen LogP contribution is -1.93. The van der Waals surface area contributed by atoms with Crippen LogP contribution in [0.2, 0.25) is 10.3 Å². The third-order valence-corrected chi connectivity index (χ3v) is 2.18. The summed E-state index contributed by atoms with van der Waals surface area (Å²) < 4.78 is 0. The van der Waals surface area contributed by atoms with Gasteiger partial charge in [0.1, 0.15) is 5.69 Å². The van der Waals surface area contributed by atoms with E-state index in [2.05, 4.69) is 9.97 Å². The van der Waals surface area contributed by atoms with E-state index in [9.17, 15) is 4.79 Å². The van der Waals surface area contributed by atoms with Crippen LogP contribution in [0.25, 0.3) is 10.9 Å². The van der Waals surface area contributed by atoms with Crippen molar-refractivity contribution in [1.29, 1.82) is 0 Å². The van der Waals surface area contributed by atoms with Gasteiger partial charge in [-0.05, 0) is 29.8 Å². The Kier molecular flexibility index (Phi) is 2.35. The van der Waals surface area contributed by atoms with Crippen LogP contribution in [0.15, 0.2) is 18.2 Å². The lowest BCUT2D eigenvalue weighted by atomic mass is 10.2. The van der Waals surface area contributed by atoms with Gasteiger partial charge in [-0.25, -0.2) is 9.97 Å². The molecule has 70 valence electrons. The van der Waals surface area contributed by atoms with Crippen molar-refractivity contribution in [1.82, 2.24) is 9.97 Å². The monoisotopic (exact) mass is 226 g/mol. The predicted octanol–water partition coefficient (Wildman–Crippen LogP) is 2.75. The first-order valence-corrected chi connectivity index (χ1v) is 4.54. The first-order valence-electron chi connectivity index (χ1n) is 3.78. The van der Waals surface area contributed by atoms with E-state index in [1.54, 1.807) is 18.2 Å². The summed E-state index contributed by atoms with van der Waals surface area (Å²) >= 11 is 11.4. The van der Waals surface area contributed by atoms with Crippen LogP contribution in [0.4, 0.5) is 0 Å². The Hall–Kier alpha value is -1.19. The minimum absolute atomic E-state index is 0.0573. The van der Waals surface area contributed by atoms with Crippen LogP contribution in [0.1, 0.15) is 10.5 Å². The molecule has 0 aliphatic rings. The molecule has 0 saturated carbocycles. The maximum absolute atomic E-state index is 10.7. The maximum Gasteiger partial charge on any atom is 0.223 e. The molecule has 1 aromatic carbocycles. The van der Waals surface area contributed by atoms with Gasteiger partial charge in [-0.1, -0.05) is 11.6 Å². The van der Waals surface area contributed by atoms with Crippen LogP contribution in [-0.4, -0.2) is 16.3 Å². The lowest BCUT2D eigenvalue weighted by molar-refractivity contribution is 0.112. The summed E-state index contributed by atoms with van der Waals surface area (Å²) in [5, 5.41) is 1.20. The Bertz CT molecular complexity index is 513. The van der Waals surface area contributed by atoms with Crippen molar-refractivity contribution in [3.05, 3.63) is 34.2 Å². The van der Waals surface area contributed by atoms with Crippen molar-refractivity contribution in [2.45, 2.75) is 0 Å². The molecule has 0 fully saturated rings. The van der Waals surface area contributed by atoms with Crippen LogP contribution < -0.4 is 0 Å². The van der Waals surface area contributed by atoms with Crippen molar-refractivity contribution in [3.8, 4) is 0 Å². The molecule has 0 atom stereocenters. The number of fused-ring (bicyclic) bond motifs is 1. The Morgan fingerprint density at radius 3 is 2.71 bits per heavy atom. The minimum Gasteiger partial charge on any atom is -0.296 e. The quantitative estimate of drug-likeness (QED) is 0.555. The largest absolute Gasteiger partial charge is 0.296 e. The molecular formula is C9H4Cl2N2O. The molecule has 1 heterocycles. The standard InChI is InChI=1S/C9H4Cl2N2O/c10-5-1-2-7-6(3-5)8(4-14)13-9(11)12-7/h1-4H.